The number of aryl methyl sites for hydroxylation is 1. The van der Waals surface area contributed by atoms with Gasteiger partial charge in [0.05, 0.1) is 18.2 Å². The van der Waals surface area contributed by atoms with Crippen LogP contribution in [-0.2, 0) is 12.4 Å². The molecule has 29 heavy (non-hydrogen) atoms. The summed E-state index contributed by atoms with van der Waals surface area (Å²) in [5.41, 5.74) is -0.0747. The van der Waals surface area contributed by atoms with Crippen LogP contribution in [0.4, 0.5) is 26.3 Å². The molecular weight excluding hydrogens is 398 g/mol. The second kappa shape index (κ2) is 9.45. The zero-order valence-electron chi connectivity index (χ0n) is 17.0. The van der Waals surface area contributed by atoms with Gasteiger partial charge < -0.3 is 4.74 Å². The summed E-state index contributed by atoms with van der Waals surface area (Å²) >= 11 is 0. The fraction of sp³-hybridized carbons (Fsp3) is 0.500. The molecule has 0 atom stereocenters. The van der Waals surface area contributed by atoms with Gasteiger partial charge in [-0.3, -0.25) is 4.98 Å². The number of methoxy groups -OCH3 is 1. The molecule has 0 aliphatic rings. The van der Waals surface area contributed by atoms with Gasteiger partial charge in [-0.2, -0.15) is 26.3 Å². The normalized spacial score (nSPS) is 12.1. The highest BCUT2D eigenvalue weighted by Crippen LogP contribution is 2.33. The van der Waals surface area contributed by atoms with Gasteiger partial charge in [-0.25, -0.2) is 4.98 Å². The van der Waals surface area contributed by atoms with E-state index in [2.05, 4.69) is 9.97 Å². The summed E-state index contributed by atoms with van der Waals surface area (Å²) in [5.74, 6) is -0.0641. The number of halogens is 6. The fourth-order valence-corrected chi connectivity index (χ4v) is 2.24. The number of alkyl halides is 6. The Kier molecular flexibility index (Phi) is 8.06. The van der Waals surface area contributed by atoms with Crippen molar-refractivity contribution in [2.24, 2.45) is 0 Å². The lowest BCUT2D eigenvalue weighted by Crippen LogP contribution is -2.08. The monoisotopic (exact) mass is 422 g/mol. The largest absolute Gasteiger partial charge is 0.481 e. The van der Waals surface area contributed by atoms with Crippen molar-refractivity contribution in [3.8, 4) is 5.88 Å². The highest BCUT2D eigenvalue weighted by atomic mass is 19.4. The number of aromatic nitrogens is 2. The minimum Gasteiger partial charge on any atom is -0.481 e. The summed E-state index contributed by atoms with van der Waals surface area (Å²) in [5, 5.41) is 0. The van der Waals surface area contributed by atoms with Gasteiger partial charge >= 0.3 is 12.4 Å². The molecule has 0 aliphatic heterocycles. The second-order valence-corrected chi connectivity index (χ2v) is 7.05. The highest BCUT2D eigenvalue weighted by Gasteiger charge is 2.32. The smallest absolute Gasteiger partial charge is 0.416 e. The number of nitrogens with zero attached hydrogens (tertiary/aromatic N) is 2. The summed E-state index contributed by atoms with van der Waals surface area (Å²) in [6.07, 6.45) is -8.64. The molecule has 0 aliphatic carbocycles. The van der Waals surface area contributed by atoms with Crippen LogP contribution in [0.15, 0.2) is 24.3 Å². The molecule has 0 fully saturated rings. The Morgan fingerprint density at radius 3 is 1.52 bits per heavy atom. The molecule has 0 amide bonds. The predicted octanol–water partition coefficient (Wildman–Crippen LogP) is 6.76. The van der Waals surface area contributed by atoms with Gasteiger partial charge in [0.15, 0.2) is 0 Å². The molecule has 0 radical (unpaired) electrons. The molecule has 9 heteroatoms. The lowest BCUT2D eigenvalue weighted by Gasteiger charge is -2.12. The first-order valence-corrected chi connectivity index (χ1v) is 8.84. The van der Waals surface area contributed by atoms with Crippen LogP contribution in [0.5, 0.6) is 5.88 Å². The van der Waals surface area contributed by atoms with Crippen LogP contribution < -0.4 is 4.74 Å². The van der Waals surface area contributed by atoms with Gasteiger partial charge in [-0.15, -0.1) is 0 Å². The molecule has 2 aromatic heterocycles. The van der Waals surface area contributed by atoms with Crippen molar-refractivity contribution < 1.29 is 31.1 Å². The van der Waals surface area contributed by atoms with Crippen molar-refractivity contribution in [3.63, 3.8) is 0 Å². The lowest BCUT2D eigenvalue weighted by molar-refractivity contribution is -0.138. The SMILES string of the molecule is COc1cc(C(F)(F)F)cc(C(C)C)n1.Cc1cc(C(F)(F)F)cc(C(C)C)n1. The summed E-state index contributed by atoms with van der Waals surface area (Å²) < 4.78 is 79.3. The van der Waals surface area contributed by atoms with E-state index in [4.69, 9.17) is 4.74 Å². The summed E-state index contributed by atoms with van der Waals surface area (Å²) in [7, 11) is 1.30. The van der Waals surface area contributed by atoms with Gasteiger partial charge in [-0.05, 0) is 37.0 Å². The summed E-state index contributed by atoms with van der Waals surface area (Å²) in [6, 6.07) is 4.11. The van der Waals surface area contributed by atoms with E-state index in [1.54, 1.807) is 20.8 Å². The zero-order valence-corrected chi connectivity index (χ0v) is 17.0. The van der Waals surface area contributed by atoms with E-state index in [0.717, 1.165) is 24.3 Å². The molecule has 0 unspecified atom stereocenters. The van der Waals surface area contributed by atoms with Crippen molar-refractivity contribution in [1.29, 1.82) is 0 Å². The maximum Gasteiger partial charge on any atom is 0.416 e. The summed E-state index contributed by atoms with van der Waals surface area (Å²) in [4.78, 5) is 7.99. The molecule has 0 saturated carbocycles. The van der Waals surface area contributed by atoms with Gasteiger partial charge in [0.1, 0.15) is 0 Å². The zero-order chi connectivity index (χ0) is 22.6. The number of hydrogen-bond donors (Lipinski definition) is 0. The van der Waals surface area contributed by atoms with Crippen molar-refractivity contribution in [2.75, 3.05) is 7.11 Å². The van der Waals surface area contributed by atoms with Crippen molar-refractivity contribution in [1.82, 2.24) is 9.97 Å². The summed E-state index contributed by atoms with van der Waals surface area (Å²) in [6.45, 7) is 8.77. The van der Waals surface area contributed by atoms with Crippen molar-refractivity contribution in [2.45, 2.75) is 58.8 Å². The van der Waals surface area contributed by atoms with E-state index >= 15 is 0 Å². The maximum atomic E-state index is 12.5. The van der Waals surface area contributed by atoms with E-state index < -0.39 is 23.5 Å². The van der Waals surface area contributed by atoms with E-state index in [1.807, 2.05) is 13.8 Å². The van der Waals surface area contributed by atoms with Crippen LogP contribution in [0.1, 0.15) is 67.7 Å². The molecule has 0 saturated heterocycles. The molecule has 3 nitrogen and oxygen atoms in total. The topological polar surface area (TPSA) is 35.0 Å². The Labute approximate surface area is 166 Å². The molecule has 0 spiro atoms. The maximum absolute atomic E-state index is 12.5. The minimum absolute atomic E-state index is 0.00600. The van der Waals surface area contributed by atoms with Gasteiger partial charge in [0.25, 0.3) is 0 Å². The molecule has 162 valence electrons. The van der Waals surface area contributed by atoms with E-state index in [0.29, 0.717) is 17.1 Å². The first-order chi connectivity index (χ1) is 13.1. The van der Waals surface area contributed by atoms with E-state index in [-0.39, 0.29) is 17.7 Å². The second-order valence-electron chi connectivity index (χ2n) is 7.05. The Bertz CT molecular complexity index is 814. The fourth-order valence-electron chi connectivity index (χ4n) is 2.24. The number of rotatable bonds is 3. The number of pyridine rings is 2. The molecule has 0 bridgehead atoms. The predicted molar refractivity (Wildman–Crippen MR) is 97.9 cm³/mol. The third-order valence-corrected chi connectivity index (χ3v) is 3.84. The third kappa shape index (κ3) is 7.55. The van der Waals surface area contributed by atoms with E-state index in [9.17, 15) is 26.3 Å². The van der Waals surface area contributed by atoms with Crippen LogP contribution in [0.3, 0.4) is 0 Å². The molecule has 0 aromatic carbocycles. The Hall–Kier alpha value is -2.32. The van der Waals surface area contributed by atoms with Crippen LogP contribution in [0.2, 0.25) is 0 Å². The Morgan fingerprint density at radius 2 is 1.14 bits per heavy atom. The lowest BCUT2D eigenvalue weighted by atomic mass is 10.1. The van der Waals surface area contributed by atoms with Crippen molar-refractivity contribution >= 4 is 0 Å². The van der Waals surface area contributed by atoms with Gasteiger partial charge in [0, 0.05) is 23.1 Å². The first kappa shape index (κ1) is 24.7. The van der Waals surface area contributed by atoms with Gasteiger partial charge in [0.2, 0.25) is 5.88 Å². The number of ether oxygens (including phenoxy) is 1. The van der Waals surface area contributed by atoms with Crippen LogP contribution in [-0.4, -0.2) is 17.1 Å². The molecular formula is C20H24F6N2O. The molecule has 2 heterocycles. The molecule has 0 N–H and O–H groups in total. The van der Waals surface area contributed by atoms with Crippen molar-refractivity contribution in [3.05, 3.63) is 52.5 Å². The standard InChI is InChI=1S/C10H12F3NO.C10H12F3N/c1-6(2)8-4-7(10(11,12)13)5-9(14-8)15-3;1-6(2)9-5-8(10(11,12)13)4-7(3)14-9/h4-6H,1-3H3;4-6H,1-3H3. The molecule has 2 rings (SSSR count). The first-order valence-electron chi connectivity index (χ1n) is 8.84. The van der Waals surface area contributed by atoms with E-state index in [1.165, 1.54) is 7.11 Å². The molecule has 2 aromatic rings. The average molecular weight is 422 g/mol. The van der Waals surface area contributed by atoms with Gasteiger partial charge in [-0.1, -0.05) is 27.7 Å². The van der Waals surface area contributed by atoms with Crippen LogP contribution in [0, 0.1) is 6.92 Å². The Balaban J connectivity index is 0.000000291. The average Bonchev–Trinajstić information content (AvgIpc) is 2.59. The highest BCUT2D eigenvalue weighted by molar-refractivity contribution is 5.28. The van der Waals surface area contributed by atoms with Crippen LogP contribution >= 0.6 is 0 Å². The Morgan fingerprint density at radius 1 is 0.724 bits per heavy atom. The number of hydrogen-bond acceptors (Lipinski definition) is 3. The quantitative estimate of drug-likeness (QED) is 0.513. The third-order valence-electron chi connectivity index (χ3n) is 3.84. The minimum atomic E-state index is -4.36. The van der Waals surface area contributed by atoms with Crippen LogP contribution in [0.25, 0.3) is 0 Å².